The Kier molecular flexibility index (Phi) is 5.37. The van der Waals surface area contributed by atoms with Crippen LogP contribution in [0.25, 0.3) is 6.08 Å². The molecule has 114 valence electrons. The minimum absolute atomic E-state index is 0.0509. The van der Waals surface area contributed by atoms with Gasteiger partial charge in [0.15, 0.2) is 5.96 Å². The fraction of sp³-hybridized carbons (Fsp3) is 0.211. The Balaban J connectivity index is 2.10. The quantitative estimate of drug-likeness (QED) is 0.640. The van der Waals surface area contributed by atoms with E-state index in [1.165, 1.54) is 5.56 Å². The predicted octanol–water partition coefficient (Wildman–Crippen LogP) is 4.22. The van der Waals surface area contributed by atoms with E-state index in [4.69, 9.17) is 11.1 Å². The highest BCUT2D eigenvalue weighted by molar-refractivity contribution is 5.92. The van der Waals surface area contributed by atoms with Crippen molar-refractivity contribution in [2.75, 3.05) is 11.4 Å². The summed E-state index contributed by atoms with van der Waals surface area (Å²) in [6.07, 6.45) is 4.06. The van der Waals surface area contributed by atoms with E-state index in [0.717, 1.165) is 11.3 Å². The van der Waals surface area contributed by atoms with E-state index in [2.05, 4.69) is 26.0 Å². The molecule has 0 amide bonds. The topological polar surface area (TPSA) is 53.1 Å². The Morgan fingerprint density at radius 3 is 2.27 bits per heavy atom. The lowest BCUT2D eigenvalue weighted by atomic mass is 10.0. The molecular weight excluding hydrogens is 270 g/mol. The summed E-state index contributed by atoms with van der Waals surface area (Å²) in [7, 11) is 0. The molecule has 0 unspecified atom stereocenters. The van der Waals surface area contributed by atoms with Crippen LogP contribution in [-0.4, -0.2) is 12.5 Å². The second-order valence-corrected chi connectivity index (χ2v) is 5.56. The van der Waals surface area contributed by atoms with E-state index >= 15 is 0 Å². The number of hydrogen-bond acceptors (Lipinski definition) is 1. The molecule has 0 saturated heterocycles. The zero-order chi connectivity index (χ0) is 15.9. The van der Waals surface area contributed by atoms with Crippen molar-refractivity contribution < 1.29 is 0 Å². The van der Waals surface area contributed by atoms with Gasteiger partial charge in [0.05, 0.1) is 0 Å². The summed E-state index contributed by atoms with van der Waals surface area (Å²) in [5.41, 5.74) is 9.09. The zero-order valence-electron chi connectivity index (χ0n) is 13.2. The molecule has 3 N–H and O–H groups in total. The standard InChI is InChI=1S/C19H23N3/c1-15(2)17-10-12-18(13-11-17)22(19(20)21)14-6-9-16-7-4-3-5-8-16/h3-13,15H,14H2,1-2H3,(H3,20,21). The fourth-order valence-corrected chi connectivity index (χ4v) is 2.24. The maximum absolute atomic E-state index is 7.78. The number of anilines is 1. The summed E-state index contributed by atoms with van der Waals surface area (Å²) in [6, 6.07) is 18.3. The molecule has 0 fully saturated rings. The first-order valence-electron chi connectivity index (χ1n) is 7.51. The van der Waals surface area contributed by atoms with Crippen LogP contribution >= 0.6 is 0 Å². The number of nitrogens with one attached hydrogen (secondary N) is 1. The Morgan fingerprint density at radius 1 is 1.09 bits per heavy atom. The van der Waals surface area contributed by atoms with Gasteiger partial charge in [-0.05, 0) is 29.2 Å². The monoisotopic (exact) mass is 293 g/mol. The summed E-state index contributed by atoms with van der Waals surface area (Å²) in [6.45, 7) is 4.91. The molecule has 2 rings (SSSR count). The van der Waals surface area contributed by atoms with Crippen LogP contribution in [0.1, 0.15) is 30.9 Å². The molecule has 2 aromatic carbocycles. The molecule has 3 nitrogen and oxygen atoms in total. The molecule has 0 bridgehead atoms. The summed E-state index contributed by atoms with van der Waals surface area (Å²) in [5.74, 6) is 0.549. The average Bonchev–Trinajstić information content (AvgIpc) is 2.52. The number of benzene rings is 2. The van der Waals surface area contributed by atoms with Crippen LogP contribution in [0.4, 0.5) is 5.69 Å². The molecule has 0 aliphatic rings. The van der Waals surface area contributed by atoms with Gasteiger partial charge in [-0.15, -0.1) is 0 Å². The van der Waals surface area contributed by atoms with E-state index in [0.29, 0.717) is 12.5 Å². The molecule has 0 heterocycles. The summed E-state index contributed by atoms with van der Waals surface area (Å²) in [5, 5.41) is 7.78. The average molecular weight is 293 g/mol. The van der Waals surface area contributed by atoms with Gasteiger partial charge in [0, 0.05) is 12.2 Å². The van der Waals surface area contributed by atoms with Crippen molar-refractivity contribution in [1.29, 1.82) is 5.41 Å². The van der Waals surface area contributed by atoms with Crippen LogP contribution in [0.15, 0.2) is 60.7 Å². The van der Waals surface area contributed by atoms with Crippen molar-refractivity contribution in [1.82, 2.24) is 0 Å². The lowest BCUT2D eigenvalue weighted by Crippen LogP contribution is -2.36. The van der Waals surface area contributed by atoms with Gasteiger partial charge >= 0.3 is 0 Å². The first-order chi connectivity index (χ1) is 10.6. The Bertz CT molecular complexity index is 627. The minimum Gasteiger partial charge on any atom is -0.370 e. The lowest BCUT2D eigenvalue weighted by Gasteiger charge is -2.21. The Labute approximate surface area is 132 Å². The minimum atomic E-state index is 0.0509. The van der Waals surface area contributed by atoms with Gasteiger partial charge in [-0.3, -0.25) is 5.41 Å². The van der Waals surface area contributed by atoms with Gasteiger partial charge < -0.3 is 10.6 Å². The summed E-state index contributed by atoms with van der Waals surface area (Å²) in [4.78, 5) is 1.78. The van der Waals surface area contributed by atoms with Crippen molar-refractivity contribution in [3.8, 4) is 0 Å². The third-order valence-electron chi connectivity index (χ3n) is 3.56. The van der Waals surface area contributed by atoms with E-state index in [1.807, 2.05) is 54.6 Å². The van der Waals surface area contributed by atoms with E-state index < -0.39 is 0 Å². The van der Waals surface area contributed by atoms with Crippen LogP contribution in [-0.2, 0) is 0 Å². The smallest absolute Gasteiger partial charge is 0.193 e. The lowest BCUT2D eigenvalue weighted by molar-refractivity contribution is 0.866. The molecule has 0 aliphatic heterocycles. The normalized spacial score (nSPS) is 11.0. The molecule has 0 saturated carbocycles. The SMILES string of the molecule is CC(C)c1ccc(N(CC=Cc2ccccc2)C(=N)N)cc1. The fourth-order valence-electron chi connectivity index (χ4n) is 2.24. The molecule has 3 heteroatoms. The molecular formula is C19H23N3. The third-order valence-corrected chi connectivity index (χ3v) is 3.56. The van der Waals surface area contributed by atoms with Gasteiger partial charge in [-0.25, -0.2) is 0 Å². The number of guanidine groups is 1. The summed E-state index contributed by atoms with van der Waals surface area (Å²) < 4.78 is 0. The van der Waals surface area contributed by atoms with Crippen molar-refractivity contribution in [2.45, 2.75) is 19.8 Å². The van der Waals surface area contributed by atoms with Crippen LogP contribution in [0.3, 0.4) is 0 Å². The molecule has 2 aromatic rings. The molecule has 0 radical (unpaired) electrons. The first-order valence-corrected chi connectivity index (χ1v) is 7.51. The third kappa shape index (κ3) is 4.22. The van der Waals surface area contributed by atoms with Crippen molar-refractivity contribution >= 4 is 17.7 Å². The van der Waals surface area contributed by atoms with Crippen LogP contribution in [0.5, 0.6) is 0 Å². The molecule has 22 heavy (non-hydrogen) atoms. The molecule has 0 aliphatic carbocycles. The van der Waals surface area contributed by atoms with Crippen LogP contribution in [0, 0.1) is 5.41 Å². The molecule has 0 atom stereocenters. The van der Waals surface area contributed by atoms with Gasteiger partial charge in [0.25, 0.3) is 0 Å². The van der Waals surface area contributed by atoms with E-state index in [-0.39, 0.29) is 5.96 Å². The maximum atomic E-state index is 7.78. The number of hydrogen-bond donors (Lipinski definition) is 2. The predicted molar refractivity (Wildman–Crippen MR) is 95.3 cm³/mol. The Morgan fingerprint density at radius 2 is 1.73 bits per heavy atom. The van der Waals surface area contributed by atoms with Gasteiger partial charge in [0.2, 0.25) is 0 Å². The summed E-state index contributed by atoms with van der Waals surface area (Å²) >= 11 is 0. The van der Waals surface area contributed by atoms with E-state index in [1.54, 1.807) is 4.90 Å². The van der Waals surface area contributed by atoms with Gasteiger partial charge in [-0.1, -0.05) is 68.5 Å². The first kappa shape index (κ1) is 15.8. The highest BCUT2D eigenvalue weighted by atomic mass is 15.2. The number of rotatable bonds is 5. The van der Waals surface area contributed by atoms with Crippen molar-refractivity contribution in [3.63, 3.8) is 0 Å². The zero-order valence-corrected chi connectivity index (χ0v) is 13.2. The molecule has 0 aromatic heterocycles. The second-order valence-electron chi connectivity index (χ2n) is 5.56. The Hall–Kier alpha value is -2.55. The van der Waals surface area contributed by atoms with Crippen LogP contribution < -0.4 is 10.6 Å². The van der Waals surface area contributed by atoms with Crippen LogP contribution in [0.2, 0.25) is 0 Å². The number of nitrogens with two attached hydrogens (primary N) is 1. The number of nitrogens with zero attached hydrogens (tertiary/aromatic N) is 1. The highest BCUT2D eigenvalue weighted by Gasteiger charge is 2.08. The van der Waals surface area contributed by atoms with E-state index in [9.17, 15) is 0 Å². The van der Waals surface area contributed by atoms with Crippen molar-refractivity contribution in [3.05, 3.63) is 71.8 Å². The largest absolute Gasteiger partial charge is 0.370 e. The van der Waals surface area contributed by atoms with Crippen molar-refractivity contribution in [2.24, 2.45) is 5.73 Å². The second kappa shape index (κ2) is 7.46. The molecule has 0 spiro atoms. The van der Waals surface area contributed by atoms with Gasteiger partial charge in [0.1, 0.15) is 0 Å². The van der Waals surface area contributed by atoms with Gasteiger partial charge in [-0.2, -0.15) is 0 Å². The maximum Gasteiger partial charge on any atom is 0.193 e. The highest BCUT2D eigenvalue weighted by Crippen LogP contribution is 2.20.